The van der Waals surface area contributed by atoms with Crippen LogP contribution in [0.2, 0.25) is 0 Å². The second-order valence-corrected chi connectivity index (χ2v) is 5.66. The normalized spacial score (nSPS) is 11.5. The van der Waals surface area contributed by atoms with Crippen molar-refractivity contribution in [3.63, 3.8) is 0 Å². The van der Waals surface area contributed by atoms with E-state index in [1.165, 1.54) is 7.11 Å². The summed E-state index contributed by atoms with van der Waals surface area (Å²) in [7, 11) is 1.30. The van der Waals surface area contributed by atoms with E-state index in [2.05, 4.69) is 10.1 Å². The van der Waals surface area contributed by atoms with Gasteiger partial charge in [-0.3, -0.25) is 0 Å². The van der Waals surface area contributed by atoms with Gasteiger partial charge in [0.1, 0.15) is 12.6 Å². The fraction of sp³-hybridized carbons (Fsp3) is 0.467. The number of alkyl carbamates (subject to hydrolysis) is 1. The maximum absolute atomic E-state index is 11.7. The number of esters is 1. The molecule has 0 bridgehead atoms. The third-order valence-electron chi connectivity index (χ3n) is 2.75. The molecule has 0 saturated heterocycles. The van der Waals surface area contributed by atoms with Crippen LogP contribution in [0.5, 0.6) is 0 Å². The van der Waals surface area contributed by atoms with Crippen LogP contribution in [0.3, 0.4) is 0 Å². The third-order valence-corrected chi connectivity index (χ3v) is 3.68. The van der Waals surface area contributed by atoms with Gasteiger partial charge in [0.05, 0.1) is 7.11 Å². The van der Waals surface area contributed by atoms with Gasteiger partial charge < -0.3 is 14.8 Å². The molecule has 1 atom stereocenters. The predicted octanol–water partition coefficient (Wildman–Crippen LogP) is 2.60. The van der Waals surface area contributed by atoms with Crippen LogP contribution in [0.25, 0.3) is 0 Å². The lowest BCUT2D eigenvalue weighted by molar-refractivity contribution is -0.143. The Morgan fingerprint density at radius 3 is 2.62 bits per heavy atom. The Hall–Kier alpha value is -1.69. The summed E-state index contributed by atoms with van der Waals surface area (Å²) in [6.07, 6.45) is -0.0956. The van der Waals surface area contributed by atoms with Crippen molar-refractivity contribution in [2.24, 2.45) is 0 Å². The van der Waals surface area contributed by atoms with Crippen molar-refractivity contribution in [1.29, 1.82) is 0 Å². The van der Waals surface area contributed by atoms with Gasteiger partial charge in [0, 0.05) is 0 Å². The number of carbonyl (C=O) groups is 2. The molecule has 0 aliphatic heterocycles. The van der Waals surface area contributed by atoms with E-state index < -0.39 is 18.1 Å². The van der Waals surface area contributed by atoms with Gasteiger partial charge in [0.2, 0.25) is 0 Å². The van der Waals surface area contributed by atoms with Crippen molar-refractivity contribution in [2.75, 3.05) is 18.6 Å². The van der Waals surface area contributed by atoms with E-state index in [1.807, 2.05) is 37.3 Å². The van der Waals surface area contributed by atoms with Gasteiger partial charge in [-0.1, -0.05) is 37.3 Å². The Morgan fingerprint density at radius 2 is 2.00 bits per heavy atom. The number of rotatable bonds is 8. The largest absolute Gasteiger partial charge is 0.467 e. The highest BCUT2D eigenvalue weighted by Crippen LogP contribution is 2.06. The highest BCUT2D eigenvalue weighted by molar-refractivity contribution is 7.99. The summed E-state index contributed by atoms with van der Waals surface area (Å²) in [4.78, 5) is 23.3. The monoisotopic (exact) mass is 311 g/mol. The fourth-order valence-corrected chi connectivity index (χ4v) is 2.33. The van der Waals surface area contributed by atoms with Gasteiger partial charge in [-0.15, -0.1) is 0 Å². The van der Waals surface area contributed by atoms with Crippen LogP contribution < -0.4 is 5.32 Å². The van der Waals surface area contributed by atoms with E-state index in [0.717, 1.165) is 17.1 Å². The highest BCUT2D eigenvalue weighted by Gasteiger charge is 2.21. The molecule has 0 unspecified atom stereocenters. The molecule has 0 aromatic heterocycles. The minimum atomic E-state index is -0.669. The minimum absolute atomic E-state index is 0.171. The quantitative estimate of drug-likeness (QED) is 0.590. The highest BCUT2D eigenvalue weighted by atomic mass is 32.2. The number of benzene rings is 1. The van der Waals surface area contributed by atoms with Crippen molar-refractivity contribution in [3.8, 4) is 0 Å². The Morgan fingerprint density at radius 1 is 1.29 bits per heavy atom. The summed E-state index contributed by atoms with van der Waals surface area (Å²) in [6, 6.07) is 8.69. The molecule has 1 amide bonds. The van der Waals surface area contributed by atoms with Gasteiger partial charge in [-0.2, -0.15) is 11.8 Å². The zero-order chi connectivity index (χ0) is 15.5. The molecule has 1 rings (SSSR count). The molecule has 0 aliphatic carbocycles. The average Bonchev–Trinajstić information content (AvgIpc) is 2.52. The van der Waals surface area contributed by atoms with Crippen molar-refractivity contribution in [2.45, 2.75) is 26.0 Å². The van der Waals surface area contributed by atoms with Crippen molar-refractivity contribution in [3.05, 3.63) is 35.9 Å². The van der Waals surface area contributed by atoms with Crippen molar-refractivity contribution < 1.29 is 19.1 Å². The summed E-state index contributed by atoms with van der Waals surface area (Å²) in [5.41, 5.74) is 0.892. The molecular weight excluding hydrogens is 290 g/mol. The van der Waals surface area contributed by atoms with E-state index in [0.29, 0.717) is 6.42 Å². The van der Waals surface area contributed by atoms with Crippen LogP contribution in [0.15, 0.2) is 30.3 Å². The molecule has 116 valence electrons. The van der Waals surface area contributed by atoms with Crippen LogP contribution >= 0.6 is 11.8 Å². The first-order valence-corrected chi connectivity index (χ1v) is 7.95. The van der Waals surface area contributed by atoms with Crippen molar-refractivity contribution in [1.82, 2.24) is 5.32 Å². The number of amides is 1. The zero-order valence-corrected chi connectivity index (χ0v) is 13.2. The summed E-state index contributed by atoms with van der Waals surface area (Å²) < 4.78 is 9.78. The van der Waals surface area contributed by atoms with E-state index in [1.54, 1.807) is 11.8 Å². The van der Waals surface area contributed by atoms with Crippen LogP contribution in [-0.4, -0.2) is 36.7 Å². The molecule has 1 N–H and O–H groups in total. The van der Waals surface area contributed by atoms with Gasteiger partial charge >= 0.3 is 12.1 Å². The minimum Gasteiger partial charge on any atom is -0.467 e. The van der Waals surface area contributed by atoms with Crippen molar-refractivity contribution >= 4 is 23.8 Å². The molecule has 0 radical (unpaired) electrons. The Labute approximate surface area is 129 Å². The van der Waals surface area contributed by atoms with Crippen LogP contribution in [0.1, 0.15) is 18.9 Å². The van der Waals surface area contributed by atoms with Gasteiger partial charge in [-0.25, -0.2) is 9.59 Å². The van der Waals surface area contributed by atoms with Crippen LogP contribution in [0.4, 0.5) is 4.79 Å². The third kappa shape index (κ3) is 7.04. The maximum Gasteiger partial charge on any atom is 0.408 e. The van der Waals surface area contributed by atoms with E-state index in [4.69, 9.17) is 4.74 Å². The van der Waals surface area contributed by atoms with Crippen LogP contribution in [-0.2, 0) is 20.9 Å². The van der Waals surface area contributed by atoms with Gasteiger partial charge in [0.25, 0.3) is 0 Å². The number of methoxy groups -OCH3 is 1. The number of nitrogens with one attached hydrogen (secondary N) is 1. The first kappa shape index (κ1) is 17.4. The first-order chi connectivity index (χ1) is 10.2. The second kappa shape index (κ2) is 10.1. The summed E-state index contributed by atoms with van der Waals surface area (Å²) in [6.45, 7) is 2.21. The second-order valence-electron chi connectivity index (χ2n) is 4.27. The standard InChI is InChI=1S/C15H21NO4S/c1-3-21-10-9-13(14(17)19-2)16-15(18)20-11-12-7-5-4-6-8-12/h4-8,13H,3,9-11H2,1-2H3,(H,16,18)/t13-/m0/s1. The molecule has 0 saturated carbocycles. The van der Waals surface area contributed by atoms with Gasteiger partial charge in [-0.05, 0) is 23.5 Å². The number of hydrogen-bond donors (Lipinski definition) is 1. The summed E-state index contributed by atoms with van der Waals surface area (Å²) in [5.74, 6) is 1.28. The van der Waals surface area contributed by atoms with E-state index in [9.17, 15) is 9.59 Å². The molecular formula is C15H21NO4S. The lowest BCUT2D eigenvalue weighted by Crippen LogP contribution is -2.42. The predicted molar refractivity (Wildman–Crippen MR) is 83.2 cm³/mol. The molecule has 1 aromatic carbocycles. The lowest BCUT2D eigenvalue weighted by atomic mass is 10.2. The summed E-state index contributed by atoms with van der Waals surface area (Å²) in [5, 5.41) is 2.55. The maximum atomic E-state index is 11.7. The molecule has 21 heavy (non-hydrogen) atoms. The fourth-order valence-electron chi connectivity index (χ4n) is 1.64. The van der Waals surface area contributed by atoms with Crippen LogP contribution in [0, 0.1) is 0 Å². The van der Waals surface area contributed by atoms with Gasteiger partial charge in [0.15, 0.2) is 0 Å². The van der Waals surface area contributed by atoms with E-state index >= 15 is 0 Å². The van der Waals surface area contributed by atoms with E-state index in [-0.39, 0.29) is 6.61 Å². The number of thioether (sulfide) groups is 1. The smallest absolute Gasteiger partial charge is 0.408 e. The Bertz CT molecular complexity index is 439. The average molecular weight is 311 g/mol. The SMILES string of the molecule is CCSCC[C@H](NC(=O)OCc1ccccc1)C(=O)OC. The molecule has 0 fully saturated rings. The number of ether oxygens (including phenoxy) is 2. The number of hydrogen-bond acceptors (Lipinski definition) is 5. The molecule has 6 heteroatoms. The molecule has 0 heterocycles. The first-order valence-electron chi connectivity index (χ1n) is 6.80. The molecule has 1 aromatic rings. The Balaban J connectivity index is 2.41. The lowest BCUT2D eigenvalue weighted by Gasteiger charge is -2.16. The summed E-state index contributed by atoms with van der Waals surface area (Å²) >= 11 is 1.70. The Kier molecular flexibility index (Phi) is 8.35. The topological polar surface area (TPSA) is 64.6 Å². The molecule has 0 spiro atoms. The molecule has 5 nitrogen and oxygen atoms in total. The molecule has 0 aliphatic rings. The zero-order valence-electron chi connectivity index (χ0n) is 12.3. The number of carbonyl (C=O) groups excluding carboxylic acids is 2.